The standard InChI is InChI=1S/C13H17BrN2OS/c1-3-5-15-11(10-4-6-17-13(10)14)7-12-16-9(2)8-18-12/h4,6,8,11,15H,3,5,7H2,1-2H3. The highest BCUT2D eigenvalue weighted by Crippen LogP contribution is 2.28. The van der Waals surface area contributed by atoms with E-state index in [4.69, 9.17) is 4.42 Å². The van der Waals surface area contributed by atoms with Crippen molar-refractivity contribution >= 4 is 27.3 Å². The summed E-state index contributed by atoms with van der Waals surface area (Å²) in [6.45, 7) is 5.19. The highest BCUT2D eigenvalue weighted by atomic mass is 79.9. The number of thiazole rings is 1. The summed E-state index contributed by atoms with van der Waals surface area (Å²) in [6, 6.07) is 2.27. The quantitative estimate of drug-likeness (QED) is 0.867. The van der Waals surface area contributed by atoms with Crippen molar-refractivity contribution in [2.45, 2.75) is 32.7 Å². The van der Waals surface area contributed by atoms with Crippen molar-refractivity contribution in [1.82, 2.24) is 10.3 Å². The average Bonchev–Trinajstić information content (AvgIpc) is 2.93. The molecular formula is C13H17BrN2OS. The highest BCUT2D eigenvalue weighted by Gasteiger charge is 2.18. The highest BCUT2D eigenvalue weighted by molar-refractivity contribution is 9.10. The second kappa shape index (κ2) is 6.50. The van der Waals surface area contributed by atoms with E-state index in [1.165, 1.54) is 0 Å². The molecule has 1 unspecified atom stereocenters. The first kappa shape index (κ1) is 13.8. The van der Waals surface area contributed by atoms with E-state index in [2.05, 4.69) is 38.5 Å². The Morgan fingerprint density at radius 2 is 2.39 bits per heavy atom. The number of furan rings is 1. The van der Waals surface area contributed by atoms with Crippen LogP contribution in [0, 0.1) is 6.92 Å². The lowest BCUT2D eigenvalue weighted by molar-refractivity contribution is 0.497. The third-order valence-electron chi connectivity index (χ3n) is 2.71. The third-order valence-corrected chi connectivity index (χ3v) is 4.34. The van der Waals surface area contributed by atoms with Crippen LogP contribution in [-0.4, -0.2) is 11.5 Å². The van der Waals surface area contributed by atoms with Crippen molar-refractivity contribution in [2.75, 3.05) is 6.54 Å². The van der Waals surface area contributed by atoms with E-state index in [0.29, 0.717) is 0 Å². The van der Waals surface area contributed by atoms with Crippen LogP contribution in [0.15, 0.2) is 26.8 Å². The predicted octanol–water partition coefficient (Wildman–Crippen LogP) is 4.09. The zero-order chi connectivity index (χ0) is 13.0. The van der Waals surface area contributed by atoms with Gasteiger partial charge in [-0.2, -0.15) is 0 Å². The number of nitrogens with zero attached hydrogens (tertiary/aromatic N) is 1. The molecule has 2 rings (SSSR count). The maximum Gasteiger partial charge on any atom is 0.173 e. The fraction of sp³-hybridized carbons (Fsp3) is 0.462. The summed E-state index contributed by atoms with van der Waals surface area (Å²) in [5, 5.41) is 6.80. The summed E-state index contributed by atoms with van der Waals surface area (Å²) < 4.78 is 6.14. The van der Waals surface area contributed by atoms with Gasteiger partial charge in [0.15, 0.2) is 4.67 Å². The summed E-state index contributed by atoms with van der Waals surface area (Å²) in [7, 11) is 0. The fourth-order valence-electron chi connectivity index (χ4n) is 1.84. The molecule has 98 valence electrons. The topological polar surface area (TPSA) is 38.1 Å². The smallest absolute Gasteiger partial charge is 0.173 e. The minimum atomic E-state index is 0.253. The monoisotopic (exact) mass is 328 g/mol. The zero-order valence-corrected chi connectivity index (χ0v) is 13.0. The Bertz CT molecular complexity index is 495. The first-order valence-electron chi connectivity index (χ1n) is 6.08. The van der Waals surface area contributed by atoms with Gasteiger partial charge in [0.05, 0.1) is 11.3 Å². The normalized spacial score (nSPS) is 12.8. The van der Waals surface area contributed by atoms with Gasteiger partial charge in [0.2, 0.25) is 0 Å². The molecule has 3 nitrogen and oxygen atoms in total. The van der Waals surface area contributed by atoms with E-state index >= 15 is 0 Å². The number of hydrogen-bond donors (Lipinski definition) is 1. The van der Waals surface area contributed by atoms with Crippen LogP contribution in [0.4, 0.5) is 0 Å². The molecule has 0 saturated heterocycles. The molecule has 1 atom stereocenters. The fourth-order valence-corrected chi connectivity index (χ4v) is 3.17. The molecule has 0 radical (unpaired) electrons. The third kappa shape index (κ3) is 3.43. The second-order valence-electron chi connectivity index (χ2n) is 4.24. The summed E-state index contributed by atoms with van der Waals surface area (Å²) in [5.41, 5.74) is 2.26. The molecule has 2 aromatic heterocycles. The van der Waals surface area contributed by atoms with Crippen LogP contribution >= 0.6 is 27.3 Å². The molecule has 18 heavy (non-hydrogen) atoms. The molecular weight excluding hydrogens is 312 g/mol. The Hall–Kier alpha value is -0.650. The van der Waals surface area contributed by atoms with Gasteiger partial charge in [-0.25, -0.2) is 4.98 Å². The minimum Gasteiger partial charge on any atom is -0.457 e. The lowest BCUT2D eigenvalue weighted by Crippen LogP contribution is -2.24. The molecule has 5 heteroatoms. The first-order chi connectivity index (χ1) is 8.70. The van der Waals surface area contributed by atoms with Crippen molar-refractivity contribution in [2.24, 2.45) is 0 Å². The van der Waals surface area contributed by atoms with Crippen LogP contribution in [-0.2, 0) is 6.42 Å². The zero-order valence-electron chi connectivity index (χ0n) is 10.6. The van der Waals surface area contributed by atoms with Gasteiger partial charge in [-0.3, -0.25) is 0 Å². The summed E-state index contributed by atoms with van der Waals surface area (Å²) in [4.78, 5) is 4.53. The van der Waals surface area contributed by atoms with Crippen LogP contribution in [0.1, 0.15) is 35.7 Å². The van der Waals surface area contributed by atoms with E-state index < -0.39 is 0 Å². The second-order valence-corrected chi connectivity index (χ2v) is 5.91. The molecule has 0 aliphatic heterocycles. The van der Waals surface area contributed by atoms with Gasteiger partial charge < -0.3 is 9.73 Å². The van der Waals surface area contributed by atoms with E-state index in [-0.39, 0.29) is 6.04 Å². The number of hydrogen-bond acceptors (Lipinski definition) is 4. The molecule has 0 aliphatic carbocycles. The number of rotatable bonds is 6. The van der Waals surface area contributed by atoms with Crippen LogP contribution in [0.25, 0.3) is 0 Å². The molecule has 1 N–H and O–H groups in total. The van der Waals surface area contributed by atoms with Gasteiger partial charge in [-0.15, -0.1) is 11.3 Å². The van der Waals surface area contributed by atoms with Crippen LogP contribution in [0.2, 0.25) is 0 Å². The molecule has 0 spiro atoms. The van der Waals surface area contributed by atoms with Crippen LogP contribution in [0.5, 0.6) is 0 Å². The van der Waals surface area contributed by atoms with Gasteiger partial charge in [-0.05, 0) is 41.9 Å². The van der Waals surface area contributed by atoms with Crippen molar-refractivity contribution < 1.29 is 4.42 Å². The molecule has 0 aromatic carbocycles. The average molecular weight is 329 g/mol. The summed E-state index contributed by atoms with van der Waals surface area (Å²) >= 11 is 5.17. The van der Waals surface area contributed by atoms with Crippen LogP contribution in [0.3, 0.4) is 0 Å². The van der Waals surface area contributed by atoms with Gasteiger partial charge in [0, 0.05) is 29.1 Å². The van der Waals surface area contributed by atoms with E-state index in [0.717, 1.165) is 40.3 Å². The maximum absolute atomic E-state index is 5.33. The number of nitrogens with one attached hydrogen (secondary N) is 1. The Labute approximate surface area is 120 Å². The number of aromatic nitrogens is 1. The minimum absolute atomic E-state index is 0.253. The van der Waals surface area contributed by atoms with Gasteiger partial charge >= 0.3 is 0 Å². The lowest BCUT2D eigenvalue weighted by Gasteiger charge is -2.16. The van der Waals surface area contributed by atoms with Crippen molar-refractivity contribution in [3.8, 4) is 0 Å². The van der Waals surface area contributed by atoms with E-state index in [9.17, 15) is 0 Å². The van der Waals surface area contributed by atoms with Gasteiger partial charge in [0.1, 0.15) is 0 Å². The van der Waals surface area contributed by atoms with Gasteiger partial charge in [0.25, 0.3) is 0 Å². The summed E-state index contributed by atoms with van der Waals surface area (Å²) in [6.07, 6.45) is 3.73. The lowest BCUT2D eigenvalue weighted by atomic mass is 10.1. The van der Waals surface area contributed by atoms with Crippen molar-refractivity contribution in [1.29, 1.82) is 0 Å². The molecule has 0 saturated carbocycles. The molecule has 0 amide bonds. The Morgan fingerprint density at radius 3 is 2.94 bits per heavy atom. The number of aryl methyl sites for hydroxylation is 1. The number of halogens is 1. The molecule has 0 aliphatic rings. The van der Waals surface area contributed by atoms with E-state index in [1.807, 2.05) is 13.0 Å². The molecule has 2 heterocycles. The molecule has 0 bridgehead atoms. The Morgan fingerprint density at radius 1 is 1.56 bits per heavy atom. The molecule has 2 aromatic rings. The SMILES string of the molecule is CCCNC(Cc1nc(C)cs1)c1ccoc1Br. The van der Waals surface area contributed by atoms with Crippen LogP contribution < -0.4 is 5.32 Å². The summed E-state index contributed by atoms with van der Waals surface area (Å²) in [5.74, 6) is 0. The maximum atomic E-state index is 5.33. The Kier molecular flexibility index (Phi) is 4.97. The molecule has 0 fully saturated rings. The van der Waals surface area contributed by atoms with E-state index in [1.54, 1.807) is 17.6 Å². The first-order valence-corrected chi connectivity index (χ1v) is 7.75. The predicted molar refractivity (Wildman–Crippen MR) is 78.0 cm³/mol. The largest absolute Gasteiger partial charge is 0.457 e. The Balaban J connectivity index is 2.12. The van der Waals surface area contributed by atoms with Gasteiger partial charge in [-0.1, -0.05) is 6.92 Å². The van der Waals surface area contributed by atoms with Crippen molar-refractivity contribution in [3.05, 3.63) is 38.6 Å². The van der Waals surface area contributed by atoms with Crippen molar-refractivity contribution in [3.63, 3.8) is 0 Å².